The Balaban J connectivity index is -0.000000150. The van der Waals surface area contributed by atoms with Gasteiger partial charge in [-0.2, -0.15) is 0 Å². The fourth-order valence-electron chi connectivity index (χ4n) is 1.000. The number of rotatable bonds is 5. The summed E-state index contributed by atoms with van der Waals surface area (Å²) in [5.74, 6) is 0. The SMILES string of the molecule is C[CH2][Ge]([CH2]C)[CH2]C.C[CH2][Ge][CH2]C.[Li]. The monoisotopic (exact) mass is 300 g/mol. The normalized spacial score (nSPS) is 8.77. The molecule has 0 fully saturated rings. The van der Waals surface area contributed by atoms with Crippen LogP contribution in [-0.2, 0) is 0 Å². The van der Waals surface area contributed by atoms with Gasteiger partial charge >= 0.3 is 90.7 Å². The summed E-state index contributed by atoms with van der Waals surface area (Å²) in [6, 6.07) is 0. The molecule has 0 spiro atoms. The number of hydrogen-bond donors (Lipinski definition) is 0. The van der Waals surface area contributed by atoms with Crippen LogP contribution in [0.15, 0.2) is 0 Å². The molecule has 0 saturated carbocycles. The molecule has 3 heteroatoms. The molecule has 0 heterocycles. The molecule has 74 valence electrons. The van der Waals surface area contributed by atoms with Crippen LogP contribution in [0.3, 0.4) is 0 Å². The van der Waals surface area contributed by atoms with Crippen molar-refractivity contribution < 1.29 is 0 Å². The predicted octanol–water partition coefficient (Wildman–Crippen LogP) is 3.73. The second-order valence-electron chi connectivity index (χ2n) is 2.77. The molecule has 4 radical (unpaired) electrons. The van der Waals surface area contributed by atoms with Crippen LogP contribution in [-0.4, -0.2) is 48.6 Å². The molecule has 0 aliphatic heterocycles. The Bertz CT molecular complexity index is 58.4. The van der Waals surface area contributed by atoms with Crippen LogP contribution < -0.4 is 0 Å². The van der Waals surface area contributed by atoms with Crippen molar-refractivity contribution >= 4 is 48.6 Å². The molecule has 0 amide bonds. The fraction of sp³-hybridized carbons (Fsp3) is 1.00. The zero-order valence-electron chi connectivity index (χ0n) is 10.5. The molecule has 0 N–H and O–H groups in total. The van der Waals surface area contributed by atoms with E-state index in [0.717, 1.165) is 0 Å². The van der Waals surface area contributed by atoms with Crippen LogP contribution in [0.1, 0.15) is 34.6 Å². The van der Waals surface area contributed by atoms with Crippen molar-refractivity contribution in [2.24, 2.45) is 0 Å². The first kappa shape index (κ1) is 20.1. The van der Waals surface area contributed by atoms with E-state index < -0.39 is 14.3 Å². The van der Waals surface area contributed by atoms with E-state index >= 15 is 0 Å². The van der Waals surface area contributed by atoms with Crippen molar-refractivity contribution in [3.05, 3.63) is 0 Å². The molecule has 0 rings (SSSR count). The van der Waals surface area contributed by atoms with Crippen molar-refractivity contribution in [2.45, 2.75) is 60.9 Å². The standard InChI is InChI=1S/C6H15Ge.C4H10Ge.Li/c1-4-7(5-2)6-3;1-3-5-4-2;/h4-6H2,1-3H3;3-4H2,1-2H3;. The first-order valence-electron chi connectivity index (χ1n) is 5.30. The molecular formula is C10H25Ge2Li. The molecule has 0 unspecified atom stereocenters. The average molecular weight is 297 g/mol. The second-order valence-corrected chi connectivity index (χ2v) is 14.4. The van der Waals surface area contributed by atoms with E-state index in [2.05, 4.69) is 34.6 Å². The van der Waals surface area contributed by atoms with Crippen molar-refractivity contribution in [1.29, 1.82) is 0 Å². The summed E-state index contributed by atoms with van der Waals surface area (Å²) in [4.78, 5) is 0. The van der Waals surface area contributed by atoms with Gasteiger partial charge in [0.15, 0.2) is 0 Å². The maximum absolute atomic E-state index is 2.34. The number of hydrogen-bond acceptors (Lipinski definition) is 0. The maximum Gasteiger partial charge on any atom is 0 e. The summed E-state index contributed by atoms with van der Waals surface area (Å²) >= 11 is 0.125. The van der Waals surface area contributed by atoms with Gasteiger partial charge in [-0.25, -0.2) is 0 Å². The predicted molar refractivity (Wildman–Crippen MR) is 69.7 cm³/mol. The third-order valence-corrected chi connectivity index (χ3v) is 10.4. The van der Waals surface area contributed by atoms with Crippen molar-refractivity contribution in [2.75, 3.05) is 0 Å². The van der Waals surface area contributed by atoms with E-state index in [0.29, 0.717) is 15.4 Å². The molecule has 0 atom stereocenters. The van der Waals surface area contributed by atoms with Crippen molar-refractivity contribution in [3.8, 4) is 0 Å². The molecular weight excluding hydrogens is 272 g/mol. The Morgan fingerprint density at radius 1 is 0.769 bits per heavy atom. The molecule has 13 heavy (non-hydrogen) atoms. The van der Waals surface area contributed by atoms with Gasteiger partial charge in [0.25, 0.3) is 0 Å². The molecule has 0 aliphatic rings. The summed E-state index contributed by atoms with van der Waals surface area (Å²) in [5.41, 5.74) is 0. The van der Waals surface area contributed by atoms with Crippen LogP contribution in [0.2, 0.25) is 26.3 Å². The van der Waals surface area contributed by atoms with Gasteiger partial charge in [0, 0.05) is 18.9 Å². The Morgan fingerprint density at radius 2 is 1.08 bits per heavy atom. The summed E-state index contributed by atoms with van der Waals surface area (Å²) in [6.45, 7) is 11.5. The van der Waals surface area contributed by atoms with Crippen LogP contribution in [0.4, 0.5) is 0 Å². The molecule has 0 aliphatic carbocycles. The molecule has 0 saturated heterocycles. The Labute approximate surface area is 109 Å². The summed E-state index contributed by atoms with van der Waals surface area (Å²) < 4.78 is 0. The third kappa shape index (κ3) is 19.9. The molecule has 0 bridgehead atoms. The smallest absolute Gasteiger partial charge is 0 e. The van der Waals surface area contributed by atoms with Gasteiger partial charge in [-0.3, -0.25) is 0 Å². The quantitative estimate of drug-likeness (QED) is 0.678. The second kappa shape index (κ2) is 19.3. The van der Waals surface area contributed by atoms with Gasteiger partial charge in [0.1, 0.15) is 0 Å². The molecule has 0 aromatic rings. The summed E-state index contributed by atoms with van der Waals surface area (Å²) in [5, 5.41) is 7.50. The Hall–Kier alpha value is 1.68. The van der Waals surface area contributed by atoms with Crippen molar-refractivity contribution in [3.63, 3.8) is 0 Å². The van der Waals surface area contributed by atoms with Gasteiger partial charge in [-0.05, 0) is 0 Å². The average Bonchev–Trinajstić information content (AvgIpc) is 2.10. The van der Waals surface area contributed by atoms with Crippen molar-refractivity contribution in [1.82, 2.24) is 0 Å². The maximum atomic E-state index is 2.34. The topological polar surface area (TPSA) is 0 Å². The first-order valence-corrected chi connectivity index (χ1v) is 12.7. The van der Waals surface area contributed by atoms with Gasteiger partial charge in [0.2, 0.25) is 0 Å². The minimum absolute atomic E-state index is 0. The van der Waals surface area contributed by atoms with E-state index in [1.807, 2.05) is 0 Å². The molecule has 0 nitrogen and oxygen atoms in total. The minimum atomic E-state index is -0.403. The first-order chi connectivity index (χ1) is 5.76. The minimum Gasteiger partial charge on any atom is 0 e. The Morgan fingerprint density at radius 3 is 1.08 bits per heavy atom. The Kier molecular flexibility index (Phi) is 29.9. The van der Waals surface area contributed by atoms with Crippen LogP contribution in [0, 0.1) is 0 Å². The van der Waals surface area contributed by atoms with E-state index in [4.69, 9.17) is 0 Å². The van der Waals surface area contributed by atoms with E-state index in [1.54, 1.807) is 0 Å². The fourth-order valence-corrected chi connectivity index (χ4v) is 5.20. The van der Waals surface area contributed by atoms with Gasteiger partial charge in [-0.15, -0.1) is 0 Å². The van der Waals surface area contributed by atoms with E-state index in [-0.39, 0.29) is 18.9 Å². The molecule has 0 aromatic heterocycles. The zero-order valence-corrected chi connectivity index (χ0v) is 14.7. The molecule has 0 aromatic carbocycles. The summed E-state index contributed by atoms with van der Waals surface area (Å²) in [6.07, 6.45) is 0. The largest absolute Gasteiger partial charge is 0 e. The van der Waals surface area contributed by atoms with Gasteiger partial charge in [0.05, 0.1) is 0 Å². The van der Waals surface area contributed by atoms with Crippen LogP contribution in [0.5, 0.6) is 0 Å². The van der Waals surface area contributed by atoms with Gasteiger partial charge < -0.3 is 0 Å². The van der Waals surface area contributed by atoms with E-state index in [9.17, 15) is 0 Å². The zero-order chi connectivity index (χ0) is 9.82. The van der Waals surface area contributed by atoms with Crippen LogP contribution in [0.25, 0.3) is 0 Å². The van der Waals surface area contributed by atoms with E-state index in [1.165, 1.54) is 26.3 Å². The summed E-state index contributed by atoms with van der Waals surface area (Å²) in [7, 11) is 0. The van der Waals surface area contributed by atoms with Crippen LogP contribution >= 0.6 is 0 Å². The third-order valence-electron chi connectivity index (χ3n) is 2.00. The van der Waals surface area contributed by atoms with Gasteiger partial charge in [-0.1, -0.05) is 0 Å².